The summed E-state index contributed by atoms with van der Waals surface area (Å²) in [5, 5.41) is 10.6. The summed E-state index contributed by atoms with van der Waals surface area (Å²) in [7, 11) is 1.93. The summed E-state index contributed by atoms with van der Waals surface area (Å²) in [6.45, 7) is 2.04. The Hall–Kier alpha value is -1.81. The monoisotopic (exact) mass is 300 g/mol. The Labute approximate surface area is 129 Å². The number of benzene rings is 1. The fraction of sp³-hybridized carbons (Fsp3) is 0.353. The normalized spacial score (nSPS) is 15.5. The second-order valence-corrected chi connectivity index (χ2v) is 6.35. The van der Waals surface area contributed by atoms with E-state index in [-0.39, 0.29) is 17.9 Å². The highest BCUT2D eigenvalue weighted by Crippen LogP contribution is 2.33. The van der Waals surface area contributed by atoms with E-state index < -0.39 is 0 Å². The third-order valence-electron chi connectivity index (χ3n) is 3.95. The van der Waals surface area contributed by atoms with Crippen molar-refractivity contribution in [3.8, 4) is 11.1 Å². The Balaban J connectivity index is 1.81. The first kappa shape index (κ1) is 14.1. The van der Waals surface area contributed by atoms with Gasteiger partial charge in [0.25, 0.3) is 0 Å². The second kappa shape index (κ2) is 5.90. The molecule has 1 aromatic heterocycles. The quantitative estimate of drug-likeness (QED) is 0.875. The minimum absolute atomic E-state index is 0.0433. The Kier molecular flexibility index (Phi) is 3.97. The molecule has 3 rings (SSSR count). The molecule has 1 heterocycles. The molecule has 1 atom stereocenters. The standard InChI is InChI=1S/C17H20N2OS/c1-11(19-17(20)12-3-4-12)13-5-6-15(16(9-13)18-2)14-7-8-21-10-14/h5-12,18H,3-4H2,1-2H3,(H,19,20). The van der Waals surface area contributed by atoms with Crippen molar-refractivity contribution in [2.75, 3.05) is 12.4 Å². The van der Waals surface area contributed by atoms with Crippen molar-refractivity contribution in [3.05, 3.63) is 40.6 Å². The molecular formula is C17H20N2OS. The number of thiophene rings is 1. The highest BCUT2D eigenvalue weighted by Gasteiger charge is 2.30. The summed E-state index contributed by atoms with van der Waals surface area (Å²) < 4.78 is 0. The summed E-state index contributed by atoms with van der Waals surface area (Å²) >= 11 is 1.70. The number of anilines is 1. The topological polar surface area (TPSA) is 41.1 Å². The lowest BCUT2D eigenvalue weighted by Gasteiger charge is -2.17. The summed E-state index contributed by atoms with van der Waals surface area (Å²) in [5.74, 6) is 0.441. The summed E-state index contributed by atoms with van der Waals surface area (Å²) in [4.78, 5) is 11.9. The third kappa shape index (κ3) is 3.10. The molecule has 1 unspecified atom stereocenters. The average molecular weight is 300 g/mol. The van der Waals surface area contributed by atoms with Crippen LogP contribution in [0.1, 0.15) is 31.4 Å². The number of amides is 1. The largest absolute Gasteiger partial charge is 0.388 e. The highest BCUT2D eigenvalue weighted by molar-refractivity contribution is 7.08. The van der Waals surface area contributed by atoms with Crippen molar-refractivity contribution < 1.29 is 4.79 Å². The molecule has 2 aromatic rings. The van der Waals surface area contributed by atoms with Crippen LogP contribution < -0.4 is 10.6 Å². The van der Waals surface area contributed by atoms with Crippen LogP contribution in [-0.2, 0) is 4.79 Å². The van der Waals surface area contributed by atoms with E-state index in [0.29, 0.717) is 0 Å². The first-order valence-corrected chi connectivity index (χ1v) is 8.28. The zero-order valence-electron chi connectivity index (χ0n) is 12.3. The number of nitrogens with one attached hydrogen (secondary N) is 2. The molecule has 1 aromatic carbocycles. The van der Waals surface area contributed by atoms with E-state index in [4.69, 9.17) is 0 Å². The molecule has 110 valence electrons. The van der Waals surface area contributed by atoms with Gasteiger partial charge in [-0.05, 0) is 53.8 Å². The number of hydrogen-bond donors (Lipinski definition) is 2. The average Bonchev–Trinajstić information content (AvgIpc) is 3.22. The zero-order chi connectivity index (χ0) is 14.8. The Bertz CT molecular complexity index is 632. The molecule has 0 radical (unpaired) electrons. The van der Waals surface area contributed by atoms with Gasteiger partial charge in [0.1, 0.15) is 0 Å². The molecular weight excluding hydrogens is 280 g/mol. The molecule has 1 aliphatic carbocycles. The van der Waals surface area contributed by atoms with Crippen LogP contribution in [0.15, 0.2) is 35.0 Å². The van der Waals surface area contributed by atoms with E-state index in [2.05, 4.69) is 45.7 Å². The smallest absolute Gasteiger partial charge is 0.223 e. The lowest BCUT2D eigenvalue weighted by molar-refractivity contribution is -0.122. The molecule has 4 heteroatoms. The number of carbonyl (C=O) groups excluding carboxylic acids is 1. The first-order chi connectivity index (χ1) is 10.2. The van der Waals surface area contributed by atoms with Crippen LogP contribution in [0.3, 0.4) is 0 Å². The van der Waals surface area contributed by atoms with E-state index in [1.165, 1.54) is 11.1 Å². The first-order valence-electron chi connectivity index (χ1n) is 7.33. The fourth-order valence-corrected chi connectivity index (χ4v) is 3.12. The van der Waals surface area contributed by atoms with Crippen molar-refractivity contribution in [1.29, 1.82) is 0 Å². The van der Waals surface area contributed by atoms with Gasteiger partial charge in [-0.2, -0.15) is 11.3 Å². The van der Waals surface area contributed by atoms with E-state index in [9.17, 15) is 4.79 Å². The van der Waals surface area contributed by atoms with Crippen LogP contribution in [0.25, 0.3) is 11.1 Å². The predicted octanol–water partition coefficient (Wildman–Crippen LogP) is 4.04. The van der Waals surface area contributed by atoms with Crippen LogP contribution >= 0.6 is 11.3 Å². The van der Waals surface area contributed by atoms with Crippen molar-refractivity contribution >= 4 is 22.9 Å². The number of carbonyl (C=O) groups is 1. The van der Waals surface area contributed by atoms with E-state index in [1.54, 1.807) is 11.3 Å². The van der Waals surface area contributed by atoms with Gasteiger partial charge in [0, 0.05) is 24.2 Å². The molecule has 0 bridgehead atoms. The van der Waals surface area contributed by atoms with Crippen molar-refractivity contribution in [2.45, 2.75) is 25.8 Å². The van der Waals surface area contributed by atoms with Crippen LogP contribution in [-0.4, -0.2) is 13.0 Å². The minimum atomic E-state index is 0.0433. The molecule has 0 saturated heterocycles. The Morgan fingerprint density at radius 2 is 2.14 bits per heavy atom. The molecule has 1 fully saturated rings. The van der Waals surface area contributed by atoms with Crippen LogP contribution in [0.2, 0.25) is 0 Å². The molecule has 1 aliphatic rings. The zero-order valence-corrected chi connectivity index (χ0v) is 13.2. The highest BCUT2D eigenvalue weighted by atomic mass is 32.1. The lowest BCUT2D eigenvalue weighted by atomic mass is 10.0. The second-order valence-electron chi connectivity index (χ2n) is 5.57. The van der Waals surface area contributed by atoms with Gasteiger partial charge >= 0.3 is 0 Å². The van der Waals surface area contributed by atoms with Crippen molar-refractivity contribution in [2.24, 2.45) is 5.92 Å². The maximum absolute atomic E-state index is 11.9. The van der Waals surface area contributed by atoms with Gasteiger partial charge < -0.3 is 10.6 Å². The van der Waals surface area contributed by atoms with E-state index >= 15 is 0 Å². The molecule has 2 N–H and O–H groups in total. The Morgan fingerprint density at radius 3 is 2.76 bits per heavy atom. The van der Waals surface area contributed by atoms with Crippen LogP contribution in [0, 0.1) is 5.92 Å². The molecule has 3 nitrogen and oxygen atoms in total. The number of rotatable bonds is 5. The van der Waals surface area contributed by atoms with Crippen LogP contribution in [0.4, 0.5) is 5.69 Å². The van der Waals surface area contributed by atoms with Gasteiger partial charge in [-0.25, -0.2) is 0 Å². The molecule has 0 aliphatic heterocycles. The predicted molar refractivity (Wildman–Crippen MR) is 88.6 cm³/mol. The van der Waals surface area contributed by atoms with Gasteiger partial charge in [-0.1, -0.05) is 12.1 Å². The maximum Gasteiger partial charge on any atom is 0.223 e. The van der Waals surface area contributed by atoms with Gasteiger partial charge in [0.05, 0.1) is 6.04 Å². The maximum atomic E-state index is 11.9. The lowest BCUT2D eigenvalue weighted by Crippen LogP contribution is -2.27. The van der Waals surface area contributed by atoms with Crippen molar-refractivity contribution in [3.63, 3.8) is 0 Å². The van der Waals surface area contributed by atoms with Gasteiger partial charge in [0.2, 0.25) is 5.91 Å². The SMILES string of the molecule is CNc1cc(C(C)NC(=O)C2CC2)ccc1-c1ccsc1. The fourth-order valence-electron chi connectivity index (χ4n) is 2.47. The number of hydrogen-bond acceptors (Lipinski definition) is 3. The van der Waals surface area contributed by atoms with Gasteiger partial charge in [0.15, 0.2) is 0 Å². The molecule has 1 amide bonds. The molecule has 21 heavy (non-hydrogen) atoms. The third-order valence-corrected chi connectivity index (χ3v) is 4.64. The Morgan fingerprint density at radius 1 is 1.33 bits per heavy atom. The van der Waals surface area contributed by atoms with Crippen LogP contribution in [0.5, 0.6) is 0 Å². The van der Waals surface area contributed by atoms with E-state index in [0.717, 1.165) is 24.1 Å². The summed E-state index contributed by atoms with van der Waals surface area (Å²) in [5.41, 5.74) is 4.65. The molecule has 1 saturated carbocycles. The molecule has 0 spiro atoms. The van der Waals surface area contributed by atoms with Gasteiger partial charge in [-0.15, -0.1) is 0 Å². The summed E-state index contributed by atoms with van der Waals surface area (Å²) in [6.07, 6.45) is 2.08. The van der Waals surface area contributed by atoms with E-state index in [1.807, 2.05) is 14.0 Å². The van der Waals surface area contributed by atoms with Crippen molar-refractivity contribution in [1.82, 2.24) is 5.32 Å². The summed E-state index contributed by atoms with van der Waals surface area (Å²) in [6, 6.07) is 8.53. The van der Waals surface area contributed by atoms with Gasteiger partial charge in [-0.3, -0.25) is 4.79 Å². The minimum Gasteiger partial charge on any atom is -0.388 e.